The van der Waals surface area contributed by atoms with Gasteiger partial charge in [-0.2, -0.15) is 0 Å². The quantitative estimate of drug-likeness (QED) is 0.743. The number of hydrogen-bond acceptors (Lipinski definition) is 5. The maximum atomic E-state index is 12.7. The lowest BCUT2D eigenvalue weighted by Crippen LogP contribution is -2.56. The summed E-state index contributed by atoms with van der Waals surface area (Å²) < 4.78 is 7.39. The molecule has 0 radical (unpaired) electrons. The van der Waals surface area contributed by atoms with Gasteiger partial charge in [-0.15, -0.1) is 0 Å². The van der Waals surface area contributed by atoms with Crippen molar-refractivity contribution < 1.29 is 9.32 Å². The lowest BCUT2D eigenvalue weighted by atomic mass is 9.85. The highest BCUT2D eigenvalue weighted by Crippen LogP contribution is 2.37. The van der Waals surface area contributed by atoms with Crippen LogP contribution in [0, 0.1) is 6.92 Å². The number of hydrogen-bond donors (Lipinski definition) is 1. The van der Waals surface area contributed by atoms with Crippen LogP contribution in [0.15, 0.2) is 47.1 Å². The molecule has 2 aliphatic rings. The van der Waals surface area contributed by atoms with E-state index in [4.69, 9.17) is 9.51 Å². The van der Waals surface area contributed by atoms with Crippen molar-refractivity contribution >= 4 is 5.91 Å². The number of carbonyl (C=O) groups is 1. The maximum Gasteiger partial charge on any atom is 0.276 e. The van der Waals surface area contributed by atoms with E-state index in [1.54, 1.807) is 13.0 Å². The molecule has 4 heterocycles. The molecule has 1 amide bonds. The molecule has 3 aromatic rings. The highest BCUT2D eigenvalue weighted by atomic mass is 16.5. The molecule has 1 saturated heterocycles. The van der Waals surface area contributed by atoms with Crippen LogP contribution in [0.4, 0.5) is 0 Å². The molecular weight excluding hydrogens is 354 g/mol. The molecule has 2 aliphatic heterocycles. The lowest BCUT2D eigenvalue weighted by molar-refractivity contribution is 0.0597. The fraction of sp³-hybridized carbons (Fsp3) is 0.381. The van der Waals surface area contributed by atoms with Gasteiger partial charge in [0.25, 0.3) is 5.91 Å². The van der Waals surface area contributed by atoms with Crippen molar-refractivity contribution in [2.45, 2.75) is 31.8 Å². The van der Waals surface area contributed by atoms with E-state index in [9.17, 15) is 4.79 Å². The zero-order chi connectivity index (χ0) is 19.1. The van der Waals surface area contributed by atoms with Gasteiger partial charge in [0.15, 0.2) is 5.69 Å². The summed E-state index contributed by atoms with van der Waals surface area (Å²) in [5.74, 6) is 1.68. The molecule has 0 aliphatic carbocycles. The first-order chi connectivity index (χ1) is 13.7. The van der Waals surface area contributed by atoms with Gasteiger partial charge >= 0.3 is 0 Å². The molecule has 28 heavy (non-hydrogen) atoms. The number of piperidine rings is 1. The summed E-state index contributed by atoms with van der Waals surface area (Å²) in [6.07, 6.45) is 3.65. The summed E-state index contributed by atoms with van der Waals surface area (Å²) in [6.45, 7) is 4.95. The van der Waals surface area contributed by atoms with Crippen molar-refractivity contribution in [3.8, 4) is 11.3 Å². The lowest BCUT2D eigenvalue weighted by Gasteiger charge is -2.44. The van der Waals surface area contributed by atoms with E-state index in [2.05, 4.69) is 39.3 Å². The first-order valence-corrected chi connectivity index (χ1v) is 9.75. The largest absolute Gasteiger partial charge is 0.361 e. The highest BCUT2D eigenvalue weighted by molar-refractivity contribution is 5.92. The Labute approximate surface area is 163 Å². The van der Waals surface area contributed by atoms with E-state index in [0.29, 0.717) is 24.5 Å². The van der Waals surface area contributed by atoms with Crippen LogP contribution in [0.3, 0.4) is 0 Å². The molecule has 7 heteroatoms. The molecule has 0 saturated carbocycles. The third kappa shape index (κ3) is 2.74. The first-order valence-electron chi connectivity index (χ1n) is 9.75. The van der Waals surface area contributed by atoms with E-state index in [1.165, 1.54) is 5.56 Å². The molecule has 7 nitrogen and oxygen atoms in total. The number of fused-ring (bicyclic) bond motifs is 2. The molecule has 1 fully saturated rings. The number of nitrogens with one attached hydrogen (secondary N) is 1. The molecule has 0 unspecified atom stereocenters. The molecule has 144 valence electrons. The van der Waals surface area contributed by atoms with Gasteiger partial charge < -0.3 is 19.3 Å². The molecule has 1 spiro atoms. The Morgan fingerprint density at radius 3 is 2.68 bits per heavy atom. The van der Waals surface area contributed by atoms with Gasteiger partial charge in [0.1, 0.15) is 11.6 Å². The Morgan fingerprint density at radius 1 is 1.18 bits per heavy atom. The van der Waals surface area contributed by atoms with E-state index in [1.807, 2.05) is 17.2 Å². The number of aryl methyl sites for hydroxylation is 1. The van der Waals surface area contributed by atoms with Crippen LogP contribution in [-0.2, 0) is 12.1 Å². The number of carbonyl (C=O) groups excluding carboxylic acids is 1. The zero-order valence-electron chi connectivity index (χ0n) is 15.9. The summed E-state index contributed by atoms with van der Waals surface area (Å²) >= 11 is 0. The topological polar surface area (TPSA) is 76.2 Å². The van der Waals surface area contributed by atoms with Crippen LogP contribution in [0.2, 0.25) is 0 Å². The Balaban J connectivity index is 1.39. The van der Waals surface area contributed by atoms with E-state index < -0.39 is 0 Å². The van der Waals surface area contributed by atoms with Gasteiger partial charge in [-0.05, 0) is 25.3 Å². The predicted octanol–water partition coefficient (Wildman–Crippen LogP) is 2.58. The zero-order valence-corrected chi connectivity index (χ0v) is 15.9. The molecule has 2 aromatic heterocycles. The molecule has 1 N–H and O–H groups in total. The van der Waals surface area contributed by atoms with Crippen LogP contribution in [0.1, 0.15) is 34.9 Å². The minimum Gasteiger partial charge on any atom is -0.361 e. The number of benzene rings is 1. The Morgan fingerprint density at radius 2 is 1.96 bits per heavy atom. The second-order valence-electron chi connectivity index (χ2n) is 7.61. The molecule has 0 atom stereocenters. The van der Waals surface area contributed by atoms with E-state index >= 15 is 0 Å². The van der Waals surface area contributed by atoms with Crippen molar-refractivity contribution in [1.29, 1.82) is 0 Å². The standard InChI is InChI=1S/C21H23N5O2/c1-15-13-17(24-28-15)19(27)25-10-7-21(8-11-25)20-22-14-18(26(20)12-9-23-21)16-5-3-2-4-6-16/h2-6,13-14,23H,7-12H2,1H3. The average Bonchev–Trinajstić information content (AvgIpc) is 3.36. The minimum absolute atomic E-state index is 0.0594. The molecule has 1 aromatic carbocycles. The fourth-order valence-electron chi connectivity index (χ4n) is 4.43. The Kier molecular flexibility index (Phi) is 4.05. The fourth-order valence-corrected chi connectivity index (χ4v) is 4.43. The van der Waals surface area contributed by atoms with E-state index in [-0.39, 0.29) is 11.4 Å². The molecular formula is C21H23N5O2. The average molecular weight is 377 g/mol. The van der Waals surface area contributed by atoms with Crippen LogP contribution in [0.5, 0.6) is 0 Å². The van der Waals surface area contributed by atoms with Gasteiger partial charge in [-0.3, -0.25) is 4.79 Å². The first kappa shape index (κ1) is 17.2. The number of likely N-dealkylation sites (tertiary alicyclic amines) is 1. The van der Waals surface area contributed by atoms with E-state index in [0.717, 1.165) is 37.4 Å². The number of nitrogens with zero attached hydrogens (tertiary/aromatic N) is 4. The van der Waals surface area contributed by atoms with Crippen LogP contribution < -0.4 is 5.32 Å². The number of aromatic nitrogens is 3. The van der Waals surface area contributed by atoms with Crippen molar-refractivity contribution in [1.82, 2.24) is 24.9 Å². The van der Waals surface area contributed by atoms with Gasteiger partial charge in [-0.1, -0.05) is 35.5 Å². The second kappa shape index (κ2) is 6.60. The second-order valence-corrected chi connectivity index (χ2v) is 7.61. The number of rotatable bonds is 2. The normalized spacial score (nSPS) is 18.2. The molecule has 5 rings (SSSR count). The highest BCUT2D eigenvalue weighted by Gasteiger charge is 2.43. The van der Waals surface area contributed by atoms with Gasteiger partial charge in [0, 0.05) is 32.2 Å². The Hall–Kier alpha value is -2.93. The van der Waals surface area contributed by atoms with Crippen molar-refractivity contribution in [3.05, 3.63) is 59.9 Å². The Bertz CT molecular complexity index is 999. The number of imidazole rings is 1. The summed E-state index contributed by atoms with van der Waals surface area (Å²) in [4.78, 5) is 19.4. The van der Waals surface area contributed by atoms with Crippen molar-refractivity contribution in [2.75, 3.05) is 19.6 Å². The van der Waals surface area contributed by atoms with Crippen molar-refractivity contribution in [3.63, 3.8) is 0 Å². The van der Waals surface area contributed by atoms with Crippen LogP contribution >= 0.6 is 0 Å². The maximum absolute atomic E-state index is 12.7. The monoisotopic (exact) mass is 377 g/mol. The van der Waals surface area contributed by atoms with Gasteiger partial charge in [0.2, 0.25) is 0 Å². The van der Waals surface area contributed by atoms with Crippen LogP contribution in [-0.4, -0.2) is 45.1 Å². The van der Waals surface area contributed by atoms with Gasteiger partial charge in [0.05, 0.1) is 17.4 Å². The van der Waals surface area contributed by atoms with Crippen molar-refractivity contribution in [2.24, 2.45) is 0 Å². The predicted molar refractivity (Wildman–Crippen MR) is 104 cm³/mol. The third-order valence-electron chi connectivity index (χ3n) is 5.90. The van der Waals surface area contributed by atoms with Crippen LogP contribution in [0.25, 0.3) is 11.3 Å². The summed E-state index contributed by atoms with van der Waals surface area (Å²) in [7, 11) is 0. The minimum atomic E-state index is -0.179. The third-order valence-corrected chi connectivity index (χ3v) is 5.90. The SMILES string of the molecule is Cc1cc(C(=O)N2CCC3(CC2)NCCn2c(-c4ccccc4)cnc23)no1. The van der Waals surface area contributed by atoms with Gasteiger partial charge in [-0.25, -0.2) is 4.98 Å². The smallest absolute Gasteiger partial charge is 0.276 e. The number of amides is 1. The summed E-state index contributed by atoms with van der Waals surface area (Å²) in [5.41, 5.74) is 2.56. The summed E-state index contributed by atoms with van der Waals surface area (Å²) in [5, 5.41) is 7.57. The summed E-state index contributed by atoms with van der Waals surface area (Å²) in [6, 6.07) is 12.1. The molecule has 0 bridgehead atoms.